The lowest BCUT2D eigenvalue weighted by Gasteiger charge is -2.31. The molecule has 5 nitrogen and oxygen atoms in total. The maximum Gasteiger partial charge on any atom is 0.224 e. The van der Waals surface area contributed by atoms with Gasteiger partial charge in [-0.1, -0.05) is 19.1 Å². The fraction of sp³-hybridized carbons (Fsp3) is 0.529. The van der Waals surface area contributed by atoms with Crippen molar-refractivity contribution in [1.29, 1.82) is 0 Å². The van der Waals surface area contributed by atoms with Crippen LogP contribution in [-0.2, 0) is 11.2 Å². The Bertz CT molecular complexity index is 544. The summed E-state index contributed by atoms with van der Waals surface area (Å²) in [6.45, 7) is 5.04. The molecule has 1 aromatic carbocycles. The molecule has 1 heterocycles. The number of nitrogens with one attached hydrogen (secondary N) is 1. The van der Waals surface area contributed by atoms with Crippen molar-refractivity contribution in [2.45, 2.75) is 26.2 Å². The minimum Gasteiger partial charge on any atom is -0.370 e. The van der Waals surface area contributed by atoms with Crippen LogP contribution < -0.4 is 11.1 Å². The molecule has 0 bridgehead atoms. The molecule has 1 saturated heterocycles. The van der Waals surface area contributed by atoms with E-state index in [4.69, 9.17) is 5.73 Å². The number of nitrogens with two attached hydrogens (primary N) is 1. The third kappa shape index (κ3) is 5.88. The molecule has 0 saturated carbocycles. The second-order valence-electron chi connectivity index (χ2n) is 6.09. The summed E-state index contributed by atoms with van der Waals surface area (Å²) in [6.07, 6.45) is 2.62. The van der Waals surface area contributed by atoms with Crippen LogP contribution in [0.25, 0.3) is 0 Å². The van der Waals surface area contributed by atoms with Crippen molar-refractivity contribution in [2.24, 2.45) is 16.6 Å². The summed E-state index contributed by atoms with van der Waals surface area (Å²) in [6, 6.07) is 5.94. The number of piperidine rings is 1. The highest BCUT2D eigenvalue weighted by Gasteiger charge is 2.17. The van der Waals surface area contributed by atoms with Gasteiger partial charge in [0.2, 0.25) is 5.91 Å². The summed E-state index contributed by atoms with van der Waals surface area (Å²) in [5, 5.41) is 2.80. The number of carbonyl (C=O) groups is 1. The van der Waals surface area contributed by atoms with Gasteiger partial charge in [0, 0.05) is 19.6 Å². The van der Waals surface area contributed by atoms with Gasteiger partial charge in [0.25, 0.3) is 0 Å². The third-order valence-corrected chi connectivity index (χ3v) is 3.97. The highest BCUT2D eigenvalue weighted by Crippen LogP contribution is 2.14. The predicted molar refractivity (Wildman–Crippen MR) is 89.6 cm³/mol. The highest BCUT2D eigenvalue weighted by molar-refractivity contribution is 5.79. The molecule has 1 fully saturated rings. The number of hydrogen-bond acceptors (Lipinski definition) is 2. The fourth-order valence-electron chi connectivity index (χ4n) is 2.71. The molecule has 1 amide bonds. The van der Waals surface area contributed by atoms with E-state index >= 15 is 0 Å². The van der Waals surface area contributed by atoms with Crippen molar-refractivity contribution in [1.82, 2.24) is 10.2 Å². The molecular weight excluding hydrogens is 295 g/mol. The van der Waals surface area contributed by atoms with Crippen LogP contribution in [0, 0.1) is 11.7 Å². The minimum absolute atomic E-state index is 0.100. The smallest absolute Gasteiger partial charge is 0.224 e. The normalized spacial score (nSPS) is 18.8. The molecule has 23 heavy (non-hydrogen) atoms. The number of likely N-dealkylation sites (tertiary alicyclic amines) is 1. The summed E-state index contributed by atoms with van der Waals surface area (Å²) in [5.41, 5.74) is 6.78. The van der Waals surface area contributed by atoms with Crippen molar-refractivity contribution < 1.29 is 9.18 Å². The molecule has 1 aliphatic heterocycles. The second kappa shape index (κ2) is 8.50. The Labute approximate surface area is 136 Å². The molecule has 0 spiro atoms. The standard InChI is InChI=1S/C17H25FN4O/c1-13-3-2-10-22(12-13)17(19)21-9-8-20-16(23)11-14-4-6-15(18)7-5-14/h4-7,13H,2-3,8-12H2,1H3,(H2,19,21)(H,20,23). The second-order valence-corrected chi connectivity index (χ2v) is 6.09. The van der Waals surface area contributed by atoms with E-state index in [1.54, 1.807) is 12.1 Å². The van der Waals surface area contributed by atoms with E-state index in [1.165, 1.54) is 18.6 Å². The van der Waals surface area contributed by atoms with Crippen LogP contribution in [0.4, 0.5) is 4.39 Å². The molecular formula is C17H25FN4O. The van der Waals surface area contributed by atoms with Gasteiger partial charge in [-0.15, -0.1) is 0 Å². The number of amides is 1. The minimum atomic E-state index is -0.300. The van der Waals surface area contributed by atoms with Gasteiger partial charge >= 0.3 is 0 Å². The number of aliphatic imine (C=N–C) groups is 1. The van der Waals surface area contributed by atoms with Crippen LogP contribution in [-0.4, -0.2) is 42.9 Å². The SMILES string of the molecule is CC1CCCN(C(N)=NCCNC(=O)Cc2ccc(F)cc2)C1. The molecule has 6 heteroatoms. The van der Waals surface area contributed by atoms with Gasteiger partial charge in [0.1, 0.15) is 5.82 Å². The molecule has 1 atom stereocenters. The molecule has 126 valence electrons. The van der Waals surface area contributed by atoms with Crippen molar-refractivity contribution in [3.8, 4) is 0 Å². The van der Waals surface area contributed by atoms with Crippen molar-refractivity contribution >= 4 is 11.9 Å². The van der Waals surface area contributed by atoms with Crippen LogP contribution in [0.15, 0.2) is 29.3 Å². The quantitative estimate of drug-likeness (QED) is 0.491. The molecule has 0 radical (unpaired) electrons. The number of rotatable bonds is 5. The zero-order valence-corrected chi connectivity index (χ0v) is 13.6. The first kappa shape index (κ1) is 17.2. The van der Waals surface area contributed by atoms with Gasteiger partial charge < -0.3 is 16.0 Å². The number of hydrogen-bond donors (Lipinski definition) is 2. The molecule has 1 aliphatic rings. The average Bonchev–Trinajstić information content (AvgIpc) is 2.53. The molecule has 0 aliphatic carbocycles. The highest BCUT2D eigenvalue weighted by atomic mass is 19.1. The van der Waals surface area contributed by atoms with Crippen LogP contribution in [0.3, 0.4) is 0 Å². The number of benzene rings is 1. The predicted octanol–water partition coefficient (Wildman–Crippen LogP) is 1.53. The van der Waals surface area contributed by atoms with Gasteiger partial charge in [0.05, 0.1) is 13.0 Å². The first-order valence-corrected chi connectivity index (χ1v) is 8.10. The zero-order chi connectivity index (χ0) is 16.7. The Morgan fingerprint density at radius 3 is 2.87 bits per heavy atom. The monoisotopic (exact) mass is 320 g/mol. The Kier molecular flexibility index (Phi) is 6.38. The molecule has 1 unspecified atom stereocenters. The Morgan fingerprint density at radius 1 is 1.43 bits per heavy atom. The number of nitrogens with zero attached hydrogens (tertiary/aromatic N) is 2. The van der Waals surface area contributed by atoms with Crippen LogP contribution >= 0.6 is 0 Å². The van der Waals surface area contributed by atoms with Crippen LogP contribution in [0.2, 0.25) is 0 Å². The maximum absolute atomic E-state index is 12.8. The molecule has 0 aromatic heterocycles. The van der Waals surface area contributed by atoms with E-state index in [9.17, 15) is 9.18 Å². The zero-order valence-electron chi connectivity index (χ0n) is 13.6. The van der Waals surface area contributed by atoms with E-state index in [2.05, 4.69) is 22.1 Å². The van der Waals surface area contributed by atoms with E-state index in [0.717, 1.165) is 25.1 Å². The lowest BCUT2D eigenvalue weighted by Crippen LogP contribution is -2.43. The van der Waals surface area contributed by atoms with E-state index in [1.807, 2.05) is 0 Å². The van der Waals surface area contributed by atoms with E-state index in [-0.39, 0.29) is 18.1 Å². The summed E-state index contributed by atoms with van der Waals surface area (Å²) >= 11 is 0. The Morgan fingerprint density at radius 2 is 2.17 bits per heavy atom. The number of guanidine groups is 1. The van der Waals surface area contributed by atoms with Gasteiger partial charge in [-0.05, 0) is 36.5 Å². The van der Waals surface area contributed by atoms with Gasteiger partial charge in [-0.25, -0.2) is 4.39 Å². The van der Waals surface area contributed by atoms with Gasteiger partial charge in [0.15, 0.2) is 5.96 Å². The first-order chi connectivity index (χ1) is 11.0. The largest absolute Gasteiger partial charge is 0.370 e. The summed E-state index contributed by atoms with van der Waals surface area (Å²) in [7, 11) is 0. The lowest BCUT2D eigenvalue weighted by atomic mass is 10.0. The summed E-state index contributed by atoms with van der Waals surface area (Å²) in [5.74, 6) is 0.806. The number of carbonyl (C=O) groups excluding carboxylic acids is 1. The average molecular weight is 320 g/mol. The topological polar surface area (TPSA) is 70.7 Å². The van der Waals surface area contributed by atoms with Crippen molar-refractivity contribution in [3.63, 3.8) is 0 Å². The third-order valence-electron chi connectivity index (χ3n) is 3.97. The summed E-state index contributed by atoms with van der Waals surface area (Å²) < 4.78 is 12.8. The molecule has 1 aromatic rings. The Balaban J connectivity index is 1.68. The van der Waals surface area contributed by atoms with Crippen LogP contribution in [0.5, 0.6) is 0 Å². The molecule has 3 N–H and O–H groups in total. The van der Waals surface area contributed by atoms with Crippen LogP contribution in [0.1, 0.15) is 25.3 Å². The number of halogens is 1. The van der Waals surface area contributed by atoms with E-state index < -0.39 is 0 Å². The maximum atomic E-state index is 12.8. The lowest BCUT2D eigenvalue weighted by molar-refractivity contribution is -0.120. The van der Waals surface area contributed by atoms with E-state index in [0.29, 0.717) is 25.0 Å². The van der Waals surface area contributed by atoms with Crippen molar-refractivity contribution in [2.75, 3.05) is 26.2 Å². The summed E-state index contributed by atoms with van der Waals surface area (Å²) in [4.78, 5) is 18.2. The van der Waals surface area contributed by atoms with Crippen molar-refractivity contribution in [3.05, 3.63) is 35.6 Å². The fourth-order valence-corrected chi connectivity index (χ4v) is 2.71. The van der Waals surface area contributed by atoms with Gasteiger partial charge in [-0.3, -0.25) is 9.79 Å². The molecule has 2 rings (SSSR count). The first-order valence-electron chi connectivity index (χ1n) is 8.10. The Hall–Kier alpha value is -2.11. The van der Waals surface area contributed by atoms with Gasteiger partial charge in [-0.2, -0.15) is 0 Å².